The number of aromatic nitrogens is 2. The maximum Gasteiger partial charge on any atom is 0.433 e. The van der Waals surface area contributed by atoms with Crippen molar-refractivity contribution >= 4 is 5.95 Å². The van der Waals surface area contributed by atoms with Gasteiger partial charge in [0.25, 0.3) is 0 Å². The third kappa shape index (κ3) is 3.10. The molecule has 2 unspecified atom stereocenters. The van der Waals surface area contributed by atoms with E-state index >= 15 is 0 Å². The molecular formula is C11H15F3N4. The molecule has 0 saturated heterocycles. The molecule has 7 heteroatoms. The predicted molar refractivity (Wildman–Crippen MR) is 60.8 cm³/mol. The van der Waals surface area contributed by atoms with Crippen LogP contribution in [0.4, 0.5) is 19.1 Å². The van der Waals surface area contributed by atoms with Crippen LogP contribution in [-0.2, 0) is 6.18 Å². The van der Waals surface area contributed by atoms with Gasteiger partial charge in [-0.2, -0.15) is 13.2 Å². The van der Waals surface area contributed by atoms with Crippen LogP contribution >= 0.6 is 0 Å². The molecule has 0 amide bonds. The largest absolute Gasteiger partial charge is 0.433 e. The van der Waals surface area contributed by atoms with E-state index in [0.29, 0.717) is 6.54 Å². The van der Waals surface area contributed by atoms with Crippen molar-refractivity contribution in [2.45, 2.75) is 31.5 Å². The smallest absolute Gasteiger partial charge is 0.354 e. The van der Waals surface area contributed by atoms with Gasteiger partial charge >= 0.3 is 6.18 Å². The Kier molecular flexibility index (Phi) is 3.70. The molecule has 100 valence electrons. The molecule has 2 atom stereocenters. The van der Waals surface area contributed by atoms with Gasteiger partial charge < -0.3 is 11.1 Å². The summed E-state index contributed by atoms with van der Waals surface area (Å²) in [6.45, 7) is 0.516. The molecule has 0 spiro atoms. The first kappa shape index (κ1) is 13.1. The van der Waals surface area contributed by atoms with Crippen molar-refractivity contribution in [3.05, 3.63) is 18.0 Å². The van der Waals surface area contributed by atoms with Gasteiger partial charge in [-0.3, -0.25) is 0 Å². The topological polar surface area (TPSA) is 63.8 Å². The Balaban J connectivity index is 1.97. The second kappa shape index (κ2) is 5.09. The molecule has 0 bridgehead atoms. The van der Waals surface area contributed by atoms with Crippen LogP contribution in [0, 0.1) is 5.92 Å². The predicted octanol–water partition coefficient (Wildman–Crippen LogP) is 2.03. The molecule has 18 heavy (non-hydrogen) atoms. The van der Waals surface area contributed by atoms with Crippen LogP contribution < -0.4 is 11.1 Å². The van der Waals surface area contributed by atoms with Gasteiger partial charge in [-0.05, 0) is 24.8 Å². The van der Waals surface area contributed by atoms with Crippen molar-refractivity contribution < 1.29 is 13.2 Å². The fraction of sp³-hybridized carbons (Fsp3) is 0.636. The lowest BCUT2D eigenvalue weighted by atomic mass is 10.1. The Morgan fingerprint density at radius 1 is 1.39 bits per heavy atom. The number of anilines is 1. The fourth-order valence-electron chi connectivity index (χ4n) is 2.14. The van der Waals surface area contributed by atoms with Crippen LogP contribution in [0.5, 0.6) is 0 Å². The van der Waals surface area contributed by atoms with Crippen LogP contribution in [-0.4, -0.2) is 22.6 Å². The Morgan fingerprint density at radius 2 is 2.17 bits per heavy atom. The molecule has 1 fully saturated rings. The van der Waals surface area contributed by atoms with Crippen LogP contribution in [0.3, 0.4) is 0 Å². The van der Waals surface area contributed by atoms with E-state index in [1.807, 2.05) is 0 Å². The summed E-state index contributed by atoms with van der Waals surface area (Å²) < 4.78 is 37.3. The van der Waals surface area contributed by atoms with Crippen LogP contribution in [0.25, 0.3) is 0 Å². The summed E-state index contributed by atoms with van der Waals surface area (Å²) in [7, 11) is 0. The van der Waals surface area contributed by atoms with Gasteiger partial charge in [-0.25, -0.2) is 9.97 Å². The summed E-state index contributed by atoms with van der Waals surface area (Å²) in [6.07, 6.45) is -0.310. The first-order chi connectivity index (χ1) is 8.47. The lowest BCUT2D eigenvalue weighted by molar-refractivity contribution is -0.141. The minimum absolute atomic E-state index is 0.00363. The molecule has 1 aromatic heterocycles. The molecule has 1 aliphatic rings. The SMILES string of the molecule is NC1CCCC1CNc1nccc(C(F)(F)F)n1. The molecule has 0 aromatic carbocycles. The summed E-state index contributed by atoms with van der Waals surface area (Å²) in [4.78, 5) is 7.22. The lowest BCUT2D eigenvalue weighted by Gasteiger charge is -2.16. The van der Waals surface area contributed by atoms with Gasteiger partial charge in [-0.15, -0.1) is 0 Å². The number of halogens is 3. The number of rotatable bonds is 3. The number of nitrogens with zero attached hydrogens (tertiary/aromatic N) is 2. The number of hydrogen-bond donors (Lipinski definition) is 2. The Hall–Kier alpha value is -1.37. The molecule has 1 saturated carbocycles. The molecule has 0 aliphatic heterocycles. The highest BCUT2D eigenvalue weighted by Gasteiger charge is 2.33. The van der Waals surface area contributed by atoms with Crippen molar-refractivity contribution in [3.63, 3.8) is 0 Å². The van der Waals surface area contributed by atoms with Crippen LogP contribution in [0.2, 0.25) is 0 Å². The molecule has 1 heterocycles. The zero-order chi connectivity index (χ0) is 13.2. The van der Waals surface area contributed by atoms with E-state index in [-0.39, 0.29) is 17.9 Å². The van der Waals surface area contributed by atoms with Crippen LogP contribution in [0.1, 0.15) is 25.0 Å². The van der Waals surface area contributed by atoms with Gasteiger partial charge in [0.1, 0.15) is 5.69 Å². The number of nitrogens with one attached hydrogen (secondary N) is 1. The number of nitrogens with two attached hydrogens (primary N) is 1. The van der Waals surface area contributed by atoms with Crippen molar-refractivity contribution in [2.24, 2.45) is 11.7 Å². The fourth-order valence-corrected chi connectivity index (χ4v) is 2.14. The lowest BCUT2D eigenvalue weighted by Crippen LogP contribution is -2.30. The maximum atomic E-state index is 12.4. The van der Waals surface area contributed by atoms with Gasteiger partial charge in [0.2, 0.25) is 5.95 Å². The van der Waals surface area contributed by atoms with Gasteiger partial charge in [-0.1, -0.05) is 6.42 Å². The van der Waals surface area contributed by atoms with E-state index in [4.69, 9.17) is 5.73 Å². The van der Waals surface area contributed by atoms with E-state index in [0.717, 1.165) is 31.5 Å². The minimum atomic E-state index is -4.44. The molecule has 0 radical (unpaired) electrons. The van der Waals surface area contributed by atoms with Crippen molar-refractivity contribution in [3.8, 4) is 0 Å². The Labute approximate surface area is 103 Å². The first-order valence-corrected chi connectivity index (χ1v) is 5.86. The third-order valence-corrected chi connectivity index (χ3v) is 3.19. The number of hydrogen-bond acceptors (Lipinski definition) is 4. The Bertz CT molecular complexity index is 408. The highest BCUT2D eigenvalue weighted by atomic mass is 19.4. The molecule has 2 rings (SSSR count). The minimum Gasteiger partial charge on any atom is -0.354 e. The number of alkyl halides is 3. The summed E-state index contributed by atoms with van der Waals surface area (Å²) in [5.74, 6) is 0.284. The quantitative estimate of drug-likeness (QED) is 0.873. The van der Waals surface area contributed by atoms with Gasteiger partial charge in [0, 0.05) is 18.8 Å². The van der Waals surface area contributed by atoms with E-state index < -0.39 is 11.9 Å². The van der Waals surface area contributed by atoms with Crippen molar-refractivity contribution in [1.82, 2.24) is 9.97 Å². The second-order valence-electron chi connectivity index (χ2n) is 4.50. The maximum absolute atomic E-state index is 12.4. The summed E-state index contributed by atoms with van der Waals surface area (Å²) in [5, 5.41) is 2.83. The Morgan fingerprint density at radius 3 is 2.78 bits per heavy atom. The third-order valence-electron chi connectivity index (χ3n) is 3.19. The molecule has 3 N–H and O–H groups in total. The van der Waals surface area contributed by atoms with Gasteiger partial charge in [0.15, 0.2) is 0 Å². The van der Waals surface area contributed by atoms with Crippen molar-refractivity contribution in [2.75, 3.05) is 11.9 Å². The van der Waals surface area contributed by atoms with Gasteiger partial charge in [0.05, 0.1) is 0 Å². The summed E-state index contributed by atoms with van der Waals surface area (Å²) in [6, 6.07) is 0.968. The molecular weight excluding hydrogens is 245 g/mol. The summed E-state index contributed by atoms with van der Waals surface area (Å²) >= 11 is 0. The zero-order valence-electron chi connectivity index (χ0n) is 9.74. The highest BCUT2D eigenvalue weighted by Crippen LogP contribution is 2.28. The molecule has 1 aromatic rings. The van der Waals surface area contributed by atoms with E-state index in [1.54, 1.807) is 0 Å². The molecule has 1 aliphatic carbocycles. The zero-order valence-corrected chi connectivity index (χ0v) is 9.74. The highest BCUT2D eigenvalue weighted by molar-refractivity contribution is 5.26. The average molecular weight is 260 g/mol. The average Bonchev–Trinajstić information content (AvgIpc) is 2.72. The standard InChI is InChI=1S/C11H15F3N4/c12-11(13,14)9-4-5-16-10(18-9)17-6-7-2-1-3-8(7)15/h4-5,7-8H,1-3,6,15H2,(H,16,17,18). The van der Waals surface area contributed by atoms with Crippen molar-refractivity contribution in [1.29, 1.82) is 0 Å². The monoisotopic (exact) mass is 260 g/mol. The van der Waals surface area contributed by atoms with E-state index in [9.17, 15) is 13.2 Å². The molecule has 4 nitrogen and oxygen atoms in total. The van der Waals surface area contributed by atoms with Crippen LogP contribution in [0.15, 0.2) is 12.3 Å². The summed E-state index contributed by atoms with van der Waals surface area (Å²) in [5.41, 5.74) is 4.95. The normalized spacial score (nSPS) is 24.2. The van der Waals surface area contributed by atoms with E-state index in [2.05, 4.69) is 15.3 Å². The first-order valence-electron chi connectivity index (χ1n) is 5.86. The second-order valence-corrected chi connectivity index (χ2v) is 4.50. The van der Waals surface area contributed by atoms with E-state index in [1.165, 1.54) is 0 Å².